The Balaban J connectivity index is 2.05. The molecular formula is C21H15IN2O3. The summed E-state index contributed by atoms with van der Waals surface area (Å²) >= 11 is 2.05. The molecule has 2 aromatic rings. The van der Waals surface area contributed by atoms with Crippen molar-refractivity contribution >= 4 is 46.3 Å². The van der Waals surface area contributed by atoms with Crippen LogP contribution in [0.5, 0.6) is 0 Å². The van der Waals surface area contributed by atoms with Gasteiger partial charge < -0.3 is 0 Å². The zero-order valence-electron chi connectivity index (χ0n) is 14.7. The molecule has 0 fully saturated rings. The van der Waals surface area contributed by atoms with E-state index in [0.29, 0.717) is 25.8 Å². The van der Waals surface area contributed by atoms with E-state index in [0.717, 1.165) is 10.6 Å². The maximum absolute atomic E-state index is 13.7. The number of fused-ring (bicyclic) bond motifs is 3. The van der Waals surface area contributed by atoms with E-state index in [1.165, 1.54) is 12.3 Å². The standard InChI is InChI=1S/C21H15IN2O3/c1-12(2)10-17(25)24-21(15-8-4-3-6-13(15)11-23-24)19(26)14-7-5-9-16(22)18(14)20(21)27/h3-11H,1-2H3. The number of hydrazone groups is 1. The lowest BCUT2D eigenvalue weighted by atomic mass is 9.80. The Kier molecular flexibility index (Phi) is 4.10. The molecule has 2 aromatic carbocycles. The van der Waals surface area contributed by atoms with Gasteiger partial charge in [0.1, 0.15) is 0 Å². The lowest BCUT2D eigenvalue weighted by molar-refractivity contribution is -0.130. The molecule has 1 heterocycles. The van der Waals surface area contributed by atoms with Gasteiger partial charge in [0.2, 0.25) is 17.1 Å². The van der Waals surface area contributed by atoms with Crippen molar-refractivity contribution in [3.8, 4) is 0 Å². The number of hydrogen-bond donors (Lipinski definition) is 0. The van der Waals surface area contributed by atoms with Gasteiger partial charge in [-0.15, -0.1) is 0 Å². The maximum Gasteiger partial charge on any atom is 0.268 e. The van der Waals surface area contributed by atoms with Crippen LogP contribution in [0.15, 0.2) is 59.2 Å². The number of halogens is 1. The summed E-state index contributed by atoms with van der Waals surface area (Å²) in [7, 11) is 0. The van der Waals surface area contributed by atoms with Crippen molar-refractivity contribution in [2.45, 2.75) is 19.4 Å². The number of ketones is 2. The predicted molar refractivity (Wildman–Crippen MR) is 110 cm³/mol. The first kappa shape index (κ1) is 17.8. The first-order valence-corrected chi connectivity index (χ1v) is 9.47. The van der Waals surface area contributed by atoms with Crippen LogP contribution in [0.3, 0.4) is 0 Å². The Hall–Kier alpha value is -2.61. The number of Topliss-reactive ketones (excluding diaryl/α,β-unsaturated/α-hetero) is 2. The first-order valence-electron chi connectivity index (χ1n) is 8.39. The summed E-state index contributed by atoms with van der Waals surface area (Å²) < 4.78 is 0.682. The van der Waals surface area contributed by atoms with Gasteiger partial charge in [0.15, 0.2) is 0 Å². The van der Waals surface area contributed by atoms with Crippen LogP contribution in [0, 0.1) is 3.57 Å². The summed E-state index contributed by atoms with van der Waals surface area (Å²) in [5.74, 6) is -1.32. The average Bonchev–Trinajstić information content (AvgIpc) is 2.85. The van der Waals surface area contributed by atoms with Crippen molar-refractivity contribution in [2.75, 3.05) is 0 Å². The zero-order valence-corrected chi connectivity index (χ0v) is 16.9. The molecule has 0 bridgehead atoms. The molecule has 1 spiro atoms. The third-order valence-corrected chi connectivity index (χ3v) is 5.64. The summed E-state index contributed by atoms with van der Waals surface area (Å²) in [4.78, 5) is 40.2. The Morgan fingerprint density at radius 2 is 1.81 bits per heavy atom. The summed E-state index contributed by atoms with van der Waals surface area (Å²) in [6, 6.07) is 12.2. The Bertz CT molecular complexity index is 1080. The highest BCUT2D eigenvalue weighted by atomic mass is 127. The number of rotatable bonds is 1. The molecule has 0 N–H and O–H groups in total. The first-order chi connectivity index (χ1) is 12.9. The van der Waals surface area contributed by atoms with Gasteiger partial charge in [0.05, 0.1) is 6.21 Å². The molecule has 2 aliphatic rings. The van der Waals surface area contributed by atoms with Crippen molar-refractivity contribution in [1.82, 2.24) is 5.01 Å². The minimum absolute atomic E-state index is 0.328. The number of carbonyl (C=O) groups is 3. The van der Waals surface area contributed by atoms with Gasteiger partial charge in [0.25, 0.3) is 5.91 Å². The van der Waals surface area contributed by atoms with E-state index in [1.54, 1.807) is 50.2 Å². The highest BCUT2D eigenvalue weighted by Gasteiger charge is 2.62. The molecule has 1 atom stereocenters. The molecule has 134 valence electrons. The summed E-state index contributed by atoms with van der Waals surface area (Å²) in [5.41, 5.74) is 0.784. The van der Waals surface area contributed by atoms with E-state index in [9.17, 15) is 14.4 Å². The third-order valence-electron chi connectivity index (χ3n) is 4.74. The van der Waals surface area contributed by atoms with E-state index in [2.05, 4.69) is 5.10 Å². The van der Waals surface area contributed by atoms with Crippen LogP contribution >= 0.6 is 22.6 Å². The fourth-order valence-electron chi connectivity index (χ4n) is 3.65. The lowest BCUT2D eigenvalue weighted by Gasteiger charge is -2.38. The quantitative estimate of drug-likeness (QED) is 0.363. The van der Waals surface area contributed by atoms with E-state index in [-0.39, 0.29) is 0 Å². The largest absolute Gasteiger partial charge is 0.290 e. The number of allylic oxidation sites excluding steroid dienone is 1. The molecule has 0 radical (unpaired) electrons. The van der Waals surface area contributed by atoms with Gasteiger partial charge in [-0.05, 0) is 42.5 Å². The minimum atomic E-state index is -1.79. The van der Waals surface area contributed by atoms with Gasteiger partial charge in [-0.2, -0.15) is 5.10 Å². The molecule has 4 rings (SSSR count). The SMILES string of the molecule is CC(C)=CC(=O)N1N=Cc2ccccc2C12C(=O)c1cccc(I)c1C2=O. The fourth-order valence-corrected chi connectivity index (χ4v) is 4.39. The van der Waals surface area contributed by atoms with Crippen molar-refractivity contribution in [3.63, 3.8) is 0 Å². The molecule has 6 heteroatoms. The second-order valence-corrected chi connectivity index (χ2v) is 7.90. The van der Waals surface area contributed by atoms with E-state index >= 15 is 0 Å². The van der Waals surface area contributed by atoms with Crippen LogP contribution in [-0.2, 0) is 10.3 Å². The van der Waals surface area contributed by atoms with Crippen molar-refractivity contribution in [3.05, 3.63) is 79.9 Å². The van der Waals surface area contributed by atoms with Crippen LogP contribution in [0.25, 0.3) is 0 Å². The molecule has 1 unspecified atom stereocenters. The monoisotopic (exact) mass is 470 g/mol. The van der Waals surface area contributed by atoms with Crippen LogP contribution in [0.1, 0.15) is 45.7 Å². The normalized spacial score (nSPS) is 19.9. The van der Waals surface area contributed by atoms with Gasteiger partial charge in [-0.1, -0.05) is 42.0 Å². The molecule has 0 saturated carbocycles. The molecule has 0 saturated heterocycles. The van der Waals surface area contributed by atoms with Gasteiger partial charge >= 0.3 is 0 Å². The van der Waals surface area contributed by atoms with Crippen LogP contribution in [-0.4, -0.2) is 28.7 Å². The Labute approximate surface area is 169 Å². The highest BCUT2D eigenvalue weighted by molar-refractivity contribution is 14.1. The molecule has 5 nitrogen and oxygen atoms in total. The topological polar surface area (TPSA) is 66.8 Å². The maximum atomic E-state index is 13.7. The second-order valence-electron chi connectivity index (χ2n) is 6.73. The summed E-state index contributed by atoms with van der Waals surface area (Å²) in [6.07, 6.45) is 2.91. The second kappa shape index (κ2) is 6.23. The van der Waals surface area contributed by atoms with Gasteiger partial charge in [0, 0.05) is 31.9 Å². The smallest absolute Gasteiger partial charge is 0.268 e. The number of nitrogens with zero attached hydrogens (tertiary/aromatic N) is 2. The van der Waals surface area contributed by atoms with Gasteiger partial charge in [-0.3, -0.25) is 14.4 Å². The third kappa shape index (κ3) is 2.36. The molecule has 1 aliphatic carbocycles. The van der Waals surface area contributed by atoms with Crippen molar-refractivity contribution in [2.24, 2.45) is 5.10 Å². The van der Waals surface area contributed by atoms with E-state index in [4.69, 9.17) is 0 Å². The number of hydrogen-bond acceptors (Lipinski definition) is 4. The molecule has 1 aliphatic heterocycles. The fraction of sp³-hybridized carbons (Fsp3) is 0.143. The van der Waals surface area contributed by atoms with Crippen LogP contribution < -0.4 is 0 Å². The Morgan fingerprint density at radius 3 is 2.52 bits per heavy atom. The molecular weight excluding hydrogens is 455 g/mol. The molecule has 0 aromatic heterocycles. The van der Waals surface area contributed by atoms with Crippen LogP contribution in [0.2, 0.25) is 0 Å². The minimum Gasteiger partial charge on any atom is -0.290 e. The number of amides is 1. The Morgan fingerprint density at radius 1 is 1.07 bits per heavy atom. The summed E-state index contributed by atoms with van der Waals surface area (Å²) in [6.45, 7) is 3.56. The summed E-state index contributed by atoms with van der Waals surface area (Å²) in [5, 5.41) is 5.29. The van der Waals surface area contributed by atoms with Gasteiger partial charge in [-0.25, -0.2) is 5.01 Å². The van der Waals surface area contributed by atoms with Crippen LogP contribution in [0.4, 0.5) is 0 Å². The van der Waals surface area contributed by atoms with E-state index < -0.39 is 23.0 Å². The molecule has 1 amide bonds. The highest BCUT2D eigenvalue weighted by Crippen LogP contribution is 2.46. The van der Waals surface area contributed by atoms with Crippen molar-refractivity contribution in [1.29, 1.82) is 0 Å². The lowest BCUT2D eigenvalue weighted by Crippen LogP contribution is -2.56. The predicted octanol–water partition coefficient (Wildman–Crippen LogP) is 3.71. The molecule has 27 heavy (non-hydrogen) atoms. The van der Waals surface area contributed by atoms with Crippen molar-refractivity contribution < 1.29 is 14.4 Å². The van der Waals surface area contributed by atoms with E-state index in [1.807, 2.05) is 28.7 Å². The zero-order chi connectivity index (χ0) is 19.3. The average molecular weight is 470 g/mol. The number of benzene rings is 2. The number of carbonyl (C=O) groups excluding carboxylic acids is 3.